The fourth-order valence-corrected chi connectivity index (χ4v) is 1.26. The summed E-state index contributed by atoms with van der Waals surface area (Å²) in [5, 5.41) is 10.2. The Morgan fingerprint density at radius 1 is 1.26 bits per heavy atom. The van der Waals surface area contributed by atoms with E-state index in [1.807, 2.05) is 6.92 Å². The summed E-state index contributed by atoms with van der Waals surface area (Å²) >= 11 is 0. The highest BCUT2D eigenvalue weighted by atomic mass is 19.4. The van der Waals surface area contributed by atoms with Crippen molar-refractivity contribution in [2.45, 2.75) is 44.8 Å². The minimum atomic E-state index is -5.07. The Kier molecular flexibility index (Phi) is 6.11. The molecule has 0 bridgehead atoms. The smallest absolute Gasteiger partial charge is 0.422 e. The van der Waals surface area contributed by atoms with Gasteiger partial charge in [-0.3, -0.25) is 0 Å². The Bertz CT molecular complexity index is 334. The molecule has 0 rings (SSSR count). The lowest BCUT2D eigenvalue weighted by atomic mass is 10.0. The molecule has 0 aliphatic carbocycles. The molecule has 0 aliphatic rings. The number of carboxylic acid groups (broad SMARTS) is 1. The van der Waals surface area contributed by atoms with Gasteiger partial charge in [-0.05, 0) is 13.3 Å². The van der Waals surface area contributed by atoms with E-state index in [1.54, 1.807) is 0 Å². The molecular formula is C11H19F3N2O3. The molecule has 0 spiro atoms. The van der Waals surface area contributed by atoms with Gasteiger partial charge in [0.2, 0.25) is 5.54 Å². The Balaban J connectivity index is 4.70. The number of nitrogens with one attached hydrogen (secondary N) is 1. The number of carbonyl (C=O) groups is 2. The molecule has 5 nitrogen and oxygen atoms in total. The van der Waals surface area contributed by atoms with E-state index in [-0.39, 0.29) is 6.54 Å². The predicted octanol–water partition coefficient (Wildman–Crippen LogP) is 2.22. The van der Waals surface area contributed by atoms with Crippen molar-refractivity contribution in [3.63, 3.8) is 0 Å². The van der Waals surface area contributed by atoms with Gasteiger partial charge in [-0.1, -0.05) is 19.8 Å². The van der Waals surface area contributed by atoms with E-state index in [4.69, 9.17) is 5.11 Å². The lowest BCUT2D eigenvalue weighted by Gasteiger charge is -2.30. The second kappa shape index (κ2) is 6.63. The lowest BCUT2D eigenvalue weighted by Crippen LogP contribution is -2.63. The quantitative estimate of drug-likeness (QED) is 0.735. The zero-order chi connectivity index (χ0) is 15.3. The van der Waals surface area contributed by atoms with Crippen LogP contribution in [0.2, 0.25) is 0 Å². The number of unbranched alkanes of at least 4 members (excludes halogenated alkanes) is 2. The highest BCUT2D eigenvalue weighted by Gasteiger charge is 2.58. The minimum absolute atomic E-state index is 0.271. The van der Waals surface area contributed by atoms with Gasteiger partial charge in [-0.2, -0.15) is 13.2 Å². The van der Waals surface area contributed by atoms with E-state index < -0.39 is 23.7 Å². The number of carbonyl (C=O) groups excluding carboxylic acids is 1. The first-order valence-electron chi connectivity index (χ1n) is 5.89. The highest BCUT2D eigenvalue weighted by molar-refractivity contribution is 5.86. The Morgan fingerprint density at radius 2 is 1.79 bits per heavy atom. The molecule has 0 aromatic heterocycles. The van der Waals surface area contributed by atoms with E-state index in [1.165, 1.54) is 12.4 Å². The highest BCUT2D eigenvalue weighted by Crippen LogP contribution is 2.30. The molecule has 8 heteroatoms. The number of amides is 2. The number of urea groups is 1. The molecule has 0 heterocycles. The average molecular weight is 284 g/mol. The topological polar surface area (TPSA) is 69.6 Å². The van der Waals surface area contributed by atoms with Gasteiger partial charge >= 0.3 is 18.2 Å². The van der Waals surface area contributed by atoms with Crippen molar-refractivity contribution in [3.8, 4) is 0 Å². The molecule has 2 amide bonds. The van der Waals surface area contributed by atoms with Gasteiger partial charge < -0.3 is 15.3 Å². The zero-order valence-electron chi connectivity index (χ0n) is 11.2. The second-order valence-corrected chi connectivity index (χ2v) is 4.49. The van der Waals surface area contributed by atoms with Gasteiger partial charge in [0.15, 0.2) is 0 Å². The van der Waals surface area contributed by atoms with E-state index in [2.05, 4.69) is 0 Å². The third-order valence-corrected chi connectivity index (χ3v) is 2.80. The van der Waals surface area contributed by atoms with Gasteiger partial charge in [-0.15, -0.1) is 0 Å². The molecule has 2 N–H and O–H groups in total. The van der Waals surface area contributed by atoms with Gasteiger partial charge in [0.05, 0.1) is 0 Å². The van der Waals surface area contributed by atoms with Crippen LogP contribution < -0.4 is 5.32 Å². The van der Waals surface area contributed by atoms with Crippen molar-refractivity contribution in [2.75, 3.05) is 13.6 Å². The van der Waals surface area contributed by atoms with Crippen molar-refractivity contribution in [3.05, 3.63) is 0 Å². The van der Waals surface area contributed by atoms with Crippen molar-refractivity contribution >= 4 is 12.0 Å². The molecule has 0 radical (unpaired) electrons. The third kappa shape index (κ3) is 4.60. The van der Waals surface area contributed by atoms with Crippen LogP contribution in [0.15, 0.2) is 0 Å². The number of carboxylic acids is 1. The van der Waals surface area contributed by atoms with Crippen LogP contribution in [0, 0.1) is 0 Å². The van der Waals surface area contributed by atoms with E-state index in [0.29, 0.717) is 13.3 Å². The van der Waals surface area contributed by atoms with Crippen LogP contribution in [0.25, 0.3) is 0 Å². The SMILES string of the molecule is CCCCCN(C)C(=O)NC(C)(C(=O)O)C(F)(F)F. The normalized spacial score (nSPS) is 14.6. The summed E-state index contributed by atoms with van der Waals surface area (Å²) in [4.78, 5) is 23.3. The zero-order valence-corrected chi connectivity index (χ0v) is 11.2. The summed E-state index contributed by atoms with van der Waals surface area (Å²) < 4.78 is 38.0. The molecule has 0 fully saturated rings. The minimum Gasteiger partial charge on any atom is -0.479 e. The molecule has 1 atom stereocenters. The van der Waals surface area contributed by atoms with Crippen molar-refractivity contribution in [2.24, 2.45) is 0 Å². The first kappa shape index (κ1) is 17.5. The number of rotatable bonds is 6. The van der Waals surface area contributed by atoms with Gasteiger partial charge in [-0.25, -0.2) is 9.59 Å². The molecule has 112 valence electrons. The summed E-state index contributed by atoms with van der Waals surface area (Å²) in [6.07, 6.45) is -2.67. The molecule has 0 aromatic rings. The molecular weight excluding hydrogens is 265 g/mol. The van der Waals surface area contributed by atoms with Crippen LogP contribution in [0.1, 0.15) is 33.1 Å². The van der Waals surface area contributed by atoms with Crippen LogP contribution >= 0.6 is 0 Å². The third-order valence-electron chi connectivity index (χ3n) is 2.80. The van der Waals surface area contributed by atoms with Gasteiger partial charge in [0.1, 0.15) is 0 Å². The van der Waals surface area contributed by atoms with Gasteiger partial charge in [0, 0.05) is 13.6 Å². The maximum atomic E-state index is 12.7. The summed E-state index contributed by atoms with van der Waals surface area (Å²) in [6, 6.07) is -1.06. The fourth-order valence-electron chi connectivity index (χ4n) is 1.26. The Morgan fingerprint density at radius 3 is 2.16 bits per heavy atom. The summed E-state index contributed by atoms with van der Waals surface area (Å²) in [5.74, 6) is -2.14. The van der Waals surface area contributed by atoms with E-state index >= 15 is 0 Å². The number of hydrogen-bond donors (Lipinski definition) is 2. The van der Waals surface area contributed by atoms with Crippen molar-refractivity contribution < 1.29 is 27.9 Å². The first-order chi connectivity index (χ1) is 8.56. The monoisotopic (exact) mass is 284 g/mol. The maximum Gasteiger partial charge on any atom is 0.422 e. The van der Waals surface area contributed by atoms with Crippen LogP contribution in [0.3, 0.4) is 0 Å². The molecule has 0 saturated carbocycles. The number of halogens is 3. The van der Waals surface area contributed by atoms with Crippen LogP contribution in [-0.2, 0) is 4.79 Å². The summed E-state index contributed by atoms with van der Waals surface area (Å²) in [7, 11) is 1.32. The standard InChI is InChI=1S/C11H19F3N2O3/c1-4-5-6-7-16(3)9(19)15-10(2,8(17)18)11(12,13)14/h4-7H2,1-3H3,(H,15,19)(H,17,18). The number of alkyl halides is 3. The van der Waals surface area contributed by atoms with E-state index in [9.17, 15) is 22.8 Å². The molecule has 1 unspecified atom stereocenters. The van der Waals surface area contributed by atoms with Crippen molar-refractivity contribution in [1.82, 2.24) is 10.2 Å². The van der Waals surface area contributed by atoms with Crippen LogP contribution in [0.4, 0.5) is 18.0 Å². The van der Waals surface area contributed by atoms with E-state index in [0.717, 1.165) is 17.7 Å². The number of hydrogen-bond acceptors (Lipinski definition) is 2. The Labute approximate surface area is 109 Å². The number of aliphatic carboxylic acids is 1. The first-order valence-corrected chi connectivity index (χ1v) is 5.89. The van der Waals surface area contributed by atoms with Crippen LogP contribution in [0.5, 0.6) is 0 Å². The van der Waals surface area contributed by atoms with Gasteiger partial charge in [0.25, 0.3) is 0 Å². The molecule has 19 heavy (non-hydrogen) atoms. The number of nitrogens with zero attached hydrogens (tertiary/aromatic N) is 1. The summed E-state index contributed by atoms with van der Waals surface area (Å²) in [5.41, 5.74) is -3.29. The maximum absolute atomic E-state index is 12.7. The molecule has 0 aromatic carbocycles. The Hall–Kier alpha value is -1.47. The molecule has 0 saturated heterocycles. The van der Waals surface area contributed by atoms with Crippen LogP contribution in [-0.4, -0.2) is 47.3 Å². The predicted molar refractivity (Wildman–Crippen MR) is 62.8 cm³/mol. The molecule has 0 aliphatic heterocycles. The van der Waals surface area contributed by atoms with Crippen molar-refractivity contribution in [1.29, 1.82) is 0 Å². The second-order valence-electron chi connectivity index (χ2n) is 4.49. The summed E-state index contributed by atoms with van der Waals surface area (Å²) in [6.45, 7) is 2.64. The average Bonchev–Trinajstić information content (AvgIpc) is 2.27. The largest absolute Gasteiger partial charge is 0.479 e. The fraction of sp³-hybridized carbons (Fsp3) is 0.818. The lowest BCUT2D eigenvalue weighted by molar-refractivity contribution is -0.203.